The Hall–Kier alpha value is -2.63. The number of carbonyl (C=O) groups is 1. The van der Waals surface area contributed by atoms with Gasteiger partial charge >= 0.3 is 6.18 Å². The van der Waals surface area contributed by atoms with E-state index in [2.05, 4.69) is 36.5 Å². The van der Waals surface area contributed by atoms with Gasteiger partial charge in [-0.05, 0) is 42.6 Å². The Morgan fingerprint density at radius 3 is 2.58 bits per heavy atom. The molecule has 0 aromatic carbocycles. The molecule has 1 saturated carbocycles. The minimum atomic E-state index is -4.60. The molecule has 1 N–H and O–H groups in total. The molecule has 0 spiro atoms. The summed E-state index contributed by atoms with van der Waals surface area (Å²) in [5.74, 6) is -0.496. The summed E-state index contributed by atoms with van der Waals surface area (Å²) >= 11 is 3.05. The molecule has 8 nitrogen and oxygen atoms in total. The fourth-order valence-electron chi connectivity index (χ4n) is 3.35. The average molecular weight is 500 g/mol. The lowest BCUT2D eigenvalue weighted by atomic mass is 10.2. The molecule has 166 valence electrons. The minimum Gasteiger partial charge on any atom is -0.322 e. The summed E-state index contributed by atoms with van der Waals surface area (Å²) in [7, 11) is 0. The Morgan fingerprint density at radius 1 is 1.26 bits per heavy atom. The molecule has 1 unspecified atom stereocenters. The molecule has 0 radical (unpaired) electrons. The predicted molar refractivity (Wildman–Crippen MR) is 109 cm³/mol. The van der Waals surface area contributed by atoms with Gasteiger partial charge in [-0.2, -0.15) is 28.5 Å². The van der Waals surface area contributed by atoms with E-state index < -0.39 is 23.8 Å². The molecule has 12 heteroatoms. The van der Waals surface area contributed by atoms with Gasteiger partial charge in [-0.25, -0.2) is 0 Å². The maximum Gasteiger partial charge on any atom is 0.436 e. The molecule has 4 rings (SSSR count). The topological polar surface area (TPSA) is 82.6 Å². The van der Waals surface area contributed by atoms with Crippen LogP contribution in [0.25, 0.3) is 0 Å². The van der Waals surface area contributed by atoms with Gasteiger partial charge in [0.25, 0.3) is 0 Å². The number of carbonyl (C=O) groups excluding carboxylic acids is 1. The van der Waals surface area contributed by atoms with E-state index in [0.29, 0.717) is 17.9 Å². The van der Waals surface area contributed by atoms with Crippen molar-refractivity contribution in [1.29, 1.82) is 0 Å². The van der Waals surface area contributed by atoms with Crippen LogP contribution in [0.1, 0.15) is 55.6 Å². The van der Waals surface area contributed by atoms with Crippen LogP contribution in [0.5, 0.6) is 0 Å². The maximum absolute atomic E-state index is 13.3. The van der Waals surface area contributed by atoms with E-state index in [-0.39, 0.29) is 10.4 Å². The van der Waals surface area contributed by atoms with Crippen molar-refractivity contribution in [3.63, 3.8) is 0 Å². The molecule has 3 aromatic heterocycles. The average Bonchev–Trinajstić information content (AvgIpc) is 3.10. The monoisotopic (exact) mass is 499 g/mol. The molecule has 0 aliphatic heterocycles. The van der Waals surface area contributed by atoms with Crippen LogP contribution in [0, 0.1) is 0 Å². The number of nitrogens with zero attached hydrogens (tertiary/aromatic N) is 6. The second-order valence-corrected chi connectivity index (χ2v) is 8.35. The second-order valence-electron chi connectivity index (χ2n) is 7.56. The summed E-state index contributed by atoms with van der Waals surface area (Å²) in [6, 6.07) is -0.922. The van der Waals surface area contributed by atoms with Gasteiger partial charge in [0.05, 0.1) is 34.8 Å². The summed E-state index contributed by atoms with van der Waals surface area (Å²) in [5, 5.41) is 14.9. The quantitative estimate of drug-likeness (QED) is 0.527. The van der Waals surface area contributed by atoms with Gasteiger partial charge in [-0.1, -0.05) is 0 Å². The van der Waals surface area contributed by atoms with Crippen molar-refractivity contribution in [2.45, 2.75) is 57.9 Å². The zero-order chi connectivity index (χ0) is 22.3. The first-order valence-electron chi connectivity index (χ1n) is 9.87. The van der Waals surface area contributed by atoms with Crippen LogP contribution >= 0.6 is 15.9 Å². The third-order valence-electron chi connectivity index (χ3n) is 5.12. The van der Waals surface area contributed by atoms with Crippen LogP contribution in [-0.2, 0) is 24.1 Å². The highest BCUT2D eigenvalue weighted by atomic mass is 79.9. The molecular weight excluding hydrogens is 479 g/mol. The number of aryl methyl sites for hydroxylation is 1. The van der Waals surface area contributed by atoms with Crippen molar-refractivity contribution in [2.75, 3.05) is 5.32 Å². The molecule has 31 heavy (non-hydrogen) atoms. The molecule has 3 aromatic rings. The molecule has 1 aliphatic rings. The first kappa shape index (κ1) is 21.6. The molecule has 0 saturated heterocycles. The second kappa shape index (κ2) is 8.13. The molecule has 3 heterocycles. The van der Waals surface area contributed by atoms with Crippen LogP contribution in [0.3, 0.4) is 0 Å². The number of anilines is 1. The first-order valence-corrected chi connectivity index (χ1v) is 10.7. The van der Waals surface area contributed by atoms with Crippen LogP contribution < -0.4 is 5.32 Å². The summed E-state index contributed by atoms with van der Waals surface area (Å²) in [5.41, 5.74) is 0.828. The molecule has 0 bridgehead atoms. The van der Waals surface area contributed by atoms with Crippen molar-refractivity contribution < 1.29 is 18.0 Å². The zero-order valence-electron chi connectivity index (χ0n) is 16.9. The largest absolute Gasteiger partial charge is 0.436 e. The van der Waals surface area contributed by atoms with Gasteiger partial charge in [0.1, 0.15) is 6.04 Å². The SMILES string of the molecule is CCn1cc(Cn2cc(NC(=O)C(C)n3nc(C(F)(F)F)c(Br)c3C3CC3)cn2)cn1. The number of amides is 1. The highest BCUT2D eigenvalue weighted by molar-refractivity contribution is 9.10. The van der Waals surface area contributed by atoms with Crippen molar-refractivity contribution in [2.24, 2.45) is 0 Å². The lowest BCUT2D eigenvalue weighted by Crippen LogP contribution is -2.26. The summed E-state index contributed by atoms with van der Waals surface area (Å²) in [4.78, 5) is 12.8. The molecule has 1 fully saturated rings. The van der Waals surface area contributed by atoms with Gasteiger partial charge in [-0.15, -0.1) is 0 Å². The summed E-state index contributed by atoms with van der Waals surface area (Å²) < 4.78 is 44.5. The van der Waals surface area contributed by atoms with Gasteiger partial charge in [0, 0.05) is 30.4 Å². The van der Waals surface area contributed by atoms with E-state index in [1.165, 1.54) is 17.8 Å². The van der Waals surface area contributed by atoms with Crippen molar-refractivity contribution in [1.82, 2.24) is 29.3 Å². The van der Waals surface area contributed by atoms with E-state index in [0.717, 1.165) is 24.9 Å². The predicted octanol–water partition coefficient (Wildman–Crippen LogP) is 4.20. The number of hydrogen-bond donors (Lipinski definition) is 1. The van der Waals surface area contributed by atoms with E-state index in [9.17, 15) is 18.0 Å². The number of hydrogen-bond acceptors (Lipinski definition) is 4. The van der Waals surface area contributed by atoms with Crippen LogP contribution in [0.2, 0.25) is 0 Å². The Labute approximate surface area is 184 Å². The third kappa shape index (κ3) is 4.53. The number of nitrogens with one attached hydrogen (secondary N) is 1. The van der Waals surface area contributed by atoms with Crippen molar-refractivity contribution in [3.05, 3.63) is 46.2 Å². The highest BCUT2D eigenvalue weighted by Crippen LogP contribution is 2.47. The Morgan fingerprint density at radius 2 is 1.97 bits per heavy atom. The lowest BCUT2D eigenvalue weighted by Gasteiger charge is -2.15. The van der Waals surface area contributed by atoms with E-state index in [1.807, 2.05) is 13.1 Å². The highest BCUT2D eigenvalue weighted by Gasteiger charge is 2.43. The third-order valence-corrected chi connectivity index (χ3v) is 5.90. The number of rotatable bonds is 7. The first-order chi connectivity index (χ1) is 14.7. The number of alkyl halides is 3. The van der Waals surface area contributed by atoms with E-state index in [1.54, 1.807) is 21.8 Å². The molecule has 1 aliphatic carbocycles. The van der Waals surface area contributed by atoms with E-state index in [4.69, 9.17) is 0 Å². The fraction of sp³-hybridized carbons (Fsp3) is 0.474. The van der Waals surface area contributed by atoms with Gasteiger partial charge in [0.2, 0.25) is 5.91 Å². The number of halogens is 4. The van der Waals surface area contributed by atoms with Crippen LogP contribution in [0.4, 0.5) is 18.9 Å². The van der Waals surface area contributed by atoms with Gasteiger partial charge in [0.15, 0.2) is 5.69 Å². The molecule has 1 atom stereocenters. The molecular formula is C19H21BrF3N7O. The van der Waals surface area contributed by atoms with Crippen molar-refractivity contribution in [3.8, 4) is 0 Å². The fourth-order valence-corrected chi connectivity index (χ4v) is 4.16. The summed E-state index contributed by atoms with van der Waals surface area (Å²) in [6.07, 6.45) is 3.77. The van der Waals surface area contributed by atoms with Gasteiger partial charge in [-0.3, -0.25) is 18.8 Å². The number of aromatic nitrogens is 6. The minimum absolute atomic E-state index is 0.0278. The van der Waals surface area contributed by atoms with Crippen LogP contribution in [0.15, 0.2) is 29.3 Å². The zero-order valence-corrected chi connectivity index (χ0v) is 18.5. The van der Waals surface area contributed by atoms with E-state index >= 15 is 0 Å². The Kier molecular flexibility index (Phi) is 5.67. The summed E-state index contributed by atoms with van der Waals surface area (Å²) in [6.45, 7) is 4.77. The molecule has 1 amide bonds. The Bertz CT molecular complexity index is 1100. The lowest BCUT2D eigenvalue weighted by molar-refractivity contribution is -0.142. The maximum atomic E-state index is 13.3. The normalized spacial score (nSPS) is 15.3. The standard InChI is InChI=1S/C19H21BrF3N7O/c1-3-28-8-12(6-24-28)9-29-10-14(7-25-29)26-18(31)11(2)30-16(13-4-5-13)15(20)17(27-30)19(21,22)23/h6-8,10-11,13H,3-5,9H2,1-2H3,(H,26,31). The smallest absolute Gasteiger partial charge is 0.322 e. The Balaban J connectivity index is 1.49. The van der Waals surface area contributed by atoms with Gasteiger partial charge < -0.3 is 5.32 Å². The van der Waals surface area contributed by atoms with Crippen molar-refractivity contribution >= 4 is 27.5 Å². The van der Waals surface area contributed by atoms with Crippen LogP contribution in [-0.4, -0.2) is 35.2 Å².